The Bertz CT molecular complexity index is 391. The first-order valence-electron chi connectivity index (χ1n) is 6.44. The molecule has 0 atom stereocenters. The minimum Gasteiger partial charge on any atom is -0.385 e. The summed E-state index contributed by atoms with van der Waals surface area (Å²) in [5, 5.41) is 3.39. The van der Waals surface area contributed by atoms with Crippen molar-refractivity contribution in [3.05, 3.63) is 24.3 Å². The molecule has 0 aromatic heterocycles. The highest BCUT2D eigenvalue weighted by molar-refractivity contribution is 7.98. The van der Waals surface area contributed by atoms with Gasteiger partial charge in [0.1, 0.15) is 0 Å². The number of hydrogen-bond donors (Lipinski definition) is 1. The van der Waals surface area contributed by atoms with E-state index in [9.17, 15) is 4.79 Å². The number of carbonyl (C=O) groups excluding carboxylic acids is 1. The molecule has 1 amide bonds. The minimum absolute atomic E-state index is 0.246. The fourth-order valence-corrected chi connectivity index (χ4v) is 2.56. The van der Waals surface area contributed by atoms with E-state index in [1.165, 1.54) is 12.2 Å². The second kappa shape index (κ2) is 6.69. The molecular weight excluding hydrogens is 244 g/mol. The van der Waals surface area contributed by atoms with Gasteiger partial charge in [-0.2, -0.15) is 11.8 Å². The molecule has 18 heavy (non-hydrogen) atoms. The Morgan fingerprint density at radius 1 is 1.33 bits per heavy atom. The quantitative estimate of drug-likeness (QED) is 0.802. The maximum absolute atomic E-state index is 11.6. The van der Waals surface area contributed by atoms with Gasteiger partial charge in [0.25, 0.3) is 0 Å². The Labute approximate surface area is 113 Å². The number of benzene rings is 1. The summed E-state index contributed by atoms with van der Waals surface area (Å²) in [5.74, 6) is 1.43. The zero-order chi connectivity index (χ0) is 12.8. The van der Waals surface area contributed by atoms with Crippen LogP contribution in [-0.4, -0.2) is 31.0 Å². The van der Waals surface area contributed by atoms with Gasteiger partial charge >= 0.3 is 0 Å². The number of hydrogen-bond acceptors (Lipinski definition) is 3. The van der Waals surface area contributed by atoms with Crippen LogP contribution in [0.2, 0.25) is 0 Å². The zero-order valence-corrected chi connectivity index (χ0v) is 11.6. The van der Waals surface area contributed by atoms with Crippen molar-refractivity contribution in [3.63, 3.8) is 0 Å². The largest absolute Gasteiger partial charge is 0.385 e. The van der Waals surface area contributed by atoms with Crippen molar-refractivity contribution >= 4 is 29.0 Å². The topological polar surface area (TPSA) is 32.3 Å². The SMILES string of the molecule is CSCCCNc1ccc(N2CCCC2=O)cc1. The maximum Gasteiger partial charge on any atom is 0.227 e. The second-order valence-electron chi connectivity index (χ2n) is 4.47. The minimum atomic E-state index is 0.246. The molecule has 1 fully saturated rings. The van der Waals surface area contributed by atoms with E-state index in [-0.39, 0.29) is 5.91 Å². The summed E-state index contributed by atoms with van der Waals surface area (Å²) in [6, 6.07) is 8.17. The molecule has 1 aliphatic rings. The Morgan fingerprint density at radius 2 is 2.11 bits per heavy atom. The van der Waals surface area contributed by atoms with E-state index in [4.69, 9.17) is 0 Å². The lowest BCUT2D eigenvalue weighted by molar-refractivity contribution is -0.117. The van der Waals surface area contributed by atoms with Crippen LogP contribution in [0.1, 0.15) is 19.3 Å². The number of nitrogens with one attached hydrogen (secondary N) is 1. The number of amides is 1. The van der Waals surface area contributed by atoms with Crippen LogP contribution >= 0.6 is 11.8 Å². The molecule has 2 rings (SSSR count). The maximum atomic E-state index is 11.6. The van der Waals surface area contributed by atoms with Crippen LogP contribution in [-0.2, 0) is 4.79 Å². The molecule has 98 valence electrons. The fraction of sp³-hybridized carbons (Fsp3) is 0.500. The molecule has 0 spiro atoms. The van der Waals surface area contributed by atoms with Crippen molar-refractivity contribution in [3.8, 4) is 0 Å². The lowest BCUT2D eigenvalue weighted by atomic mass is 10.2. The van der Waals surface area contributed by atoms with Crippen molar-refractivity contribution in [2.24, 2.45) is 0 Å². The van der Waals surface area contributed by atoms with E-state index in [2.05, 4.69) is 23.7 Å². The number of rotatable bonds is 6. The molecule has 1 aromatic rings. The molecule has 4 heteroatoms. The highest BCUT2D eigenvalue weighted by atomic mass is 32.2. The van der Waals surface area contributed by atoms with E-state index >= 15 is 0 Å². The predicted molar refractivity (Wildman–Crippen MR) is 79.5 cm³/mol. The Morgan fingerprint density at radius 3 is 2.72 bits per heavy atom. The van der Waals surface area contributed by atoms with Crippen molar-refractivity contribution in [1.82, 2.24) is 0 Å². The molecule has 0 saturated carbocycles. The molecule has 1 aromatic carbocycles. The second-order valence-corrected chi connectivity index (χ2v) is 5.45. The Hall–Kier alpha value is -1.16. The number of thioether (sulfide) groups is 1. The third kappa shape index (κ3) is 3.42. The van der Waals surface area contributed by atoms with Gasteiger partial charge in [-0.3, -0.25) is 4.79 Å². The molecule has 0 unspecified atom stereocenters. The summed E-state index contributed by atoms with van der Waals surface area (Å²) in [6.45, 7) is 1.86. The Kier molecular flexibility index (Phi) is 4.93. The fourth-order valence-electron chi connectivity index (χ4n) is 2.13. The summed E-state index contributed by atoms with van der Waals surface area (Å²) >= 11 is 1.87. The van der Waals surface area contributed by atoms with E-state index in [0.717, 1.165) is 30.9 Å². The predicted octanol–water partition coefficient (Wildman–Crippen LogP) is 2.98. The van der Waals surface area contributed by atoms with Crippen molar-refractivity contribution in [2.75, 3.05) is 35.3 Å². The smallest absolute Gasteiger partial charge is 0.227 e. The van der Waals surface area contributed by atoms with Gasteiger partial charge in [-0.1, -0.05) is 0 Å². The van der Waals surface area contributed by atoms with Gasteiger partial charge in [0.05, 0.1) is 0 Å². The first-order valence-corrected chi connectivity index (χ1v) is 7.84. The molecule has 0 radical (unpaired) electrons. The molecule has 1 heterocycles. The van der Waals surface area contributed by atoms with Crippen molar-refractivity contribution in [1.29, 1.82) is 0 Å². The first kappa shape index (κ1) is 13.3. The Balaban J connectivity index is 1.87. The summed E-state index contributed by atoms with van der Waals surface area (Å²) in [4.78, 5) is 13.5. The van der Waals surface area contributed by atoms with Crippen LogP contribution in [0.25, 0.3) is 0 Å². The van der Waals surface area contributed by atoms with E-state index in [0.29, 0.717) is 6.42 Å². The van der Waals surface area contributed by atoms with E-state index in [1.54, 1.807) is 0 Å². The standard InChI is InChI=1S/C14H20N2OS/c1-18-11-3-9-15-12-5-7-13(8-6-12)16-10-2-4-14(16)17/h5-8,15H,2-4,9-11H2,1H3. The normalized spacial score (nSPS) is 15.2. The van der Waals surface area contributed by atoms with Crippen LogP contribution in [0.15, 0.2) is 24.3 Å². The highest BCUT2D eigenvalue weighted by Gasteiger charge is 2.21. The van der Waals surface area contributed by atoms with Crippen LogP contribution in [0.5, 0.6) is 0 Å². The molecule has 1 N–H and O–H groups in total. The van der Waals surface area contributed by atoms with Crippen molar-refractivity contribution < 1.29 is 4.79 Å². The third-order valence-electron chi connectivity index (χ3n) is 3.11. The van der Waals surface area contributed by atoms with Crippen molar-refractivity contribution in [2.45, 2.75) is 19.3 Å². The van der Waals surface area contributed by atoms with E-state index in [1.807, 2.05) is 28.8 Å². The lowest BCUT2D eigenvalue weighted by Gasteiger charge is -2.16. The molecule has 0 bridgehead atoms. The van der Waals surface area contributed by atoms with Gasteiger partial charge in [0, 0.05) is 30.9 Å². The van der Waals surface area contributed by atoms with Crippen LogP contribution in [0, 0.1) is 0 Å². The molecule has 1 saturated heterocycles. The van der Waals surface area contributed by atoms with Crippen LogP contribution < -0.4 is 10.2 Å². The lowest BCUT2D eigenvalue weighted by Crippen LogP contribution is -2.23. The van der Waals surface area contributed by atoms with Gasteiger partial charge < -0.3 is 10.2 Å². The molecule has 1 aliphatic heterocycles. The van der Waals surface area contributed by atoms with Gasteiger partial charge in [0.2, 0.25) is 5.91 Å². The van der Waals surface area contributed by atoms with Gasteiger partial charge in [-0.15, -0.1) is 0 Å². The summed E-state index contributed by atoms with van der Waals surface area (Å²) in [6.07, 6.45) is 4.97. The summed E-state index contributed by atoms with van der Waals surface area (Å²) in [5.41, 5.74) is 2.15. The number of carbonyl (C=O) groups is 1. The zero-order valence-electron chi connectivity index (χ0n) is 10.8. The van der Waals surface area contributed by atoms with Gasteiger partial charge in [0.15, 0.2) is 0 Å². The molecule has 3 nitrogen and oxygen atoms in total. The average molecular weight is 264 g/mol. The van der Waals surface area contributed by atoms with Crippen LogP contribution in [0.3, 0.4) is 0 Å². The van der Waals surface area contributed by atoms with E-state index < -0.39 is 0 Å². The highest BCUT2D eigenvalue weighted by Crippen LogP contribution is 2.22. The molecule has 0 aliphatic carbocycles. The van der Waals surface area contributed by atoms with Crippen LogP contribution in [0.4, 0.5) is 11.4 Å². The molecular formula is C14H20N2OS. The average Bonchev–Trinajstić information content (AvgIpc) is 2.82. The third-order valence-corrected chi connectivity index (χ3v) is 3.80. The van der Waals surface area contributed by atoms with Gasteiger partial charge in [-0.25, -0.2) is 0 Å². The summed E-state index contributed by atoms with van der Waals surface area (Å²) < 4.78 is 0. The number of nitrogens with zero attached hydrogens (tertiary/aromatic N) is 1. The first-order chi connectivity index (χ1) is 8.81. The monoisotopic (exact) mass is 264 g/mol. The van der Waals surface area contributed by atoms with Gasteiger partial charge in [-0.05, 0) is 49.1 Å². The summed E-state index contributed by atoms with van der Waals surface area (Å²) in [7, 11) is 0. The number of anilines is 2.